The van der Waals surface area contributed by atoms with Gasteiger partial charge in [-0.15, -0.1) is 0 Å². The molecule has 1 heterocycles. The standard InChI is InChI=1S/C13H13Cl2NO2/c14-10-5-9(6-11(15)7-10)3-4-16-12(8-17)1-2-13(16)18/h5-8,12H,1-4H2/t12-/m1/s1. The van der Waals surface area contributed by atoms with Crippen molar-refractivity contribution in [3.63, 3.8) is 0 Å². The molecule has 1 aliphatic rings. The third-order valence-electron chi connectivity index (χ3n) is 3.10. The molecule has 1 atom stereocenters. The average molecular weight is 286 g/mol. The molecule has 0 unspecified atom stereocenters. The smallest absolute Gasteiger partial charge is 0.223 e. The van der Waals surface area contributed by atoms with Crippen LogP contribution in [0.3, 0.4) is 0 Å². The fourth-order valence-corrected chi connectivity index (χ4v) is 2.76. The van der Waals surface area contributed by atoms with E-state index in [4.69, 9.17) is 23.2 Å². The van der Waals surface area contributed by atoms with Crippen molar-refractivity contribution in [3.05, 3.63) is 33.8 Å². The minimum atomic E-state index is -0.271. The van der Waals surface area contributed by atoms with Gasteiger partial charge in [-0.3, -0.25) is 4.79 Å². The second-order valence-electron chi connectivity index (χ2n) is 4.36. The largest absolute Gasteiger partial charge is 0.333 e. The average Bonchev–Trinajstić information content (AvgIpc) is 2.66. The number of amides is 1. The first-order valence-corrected chi connectivity index (χ1v) is 6.55. The minimum absolute atomic E-state index is 0.0419. The third-order valence-corrected chi connectivity index (χ3v) is 3.53. The third kappa shape index (κ3) is 3.03. The molecular weight excluding hydrogens is 273 g/mol. The molecular formula is C13H13Cl2NO2. The number of hydrogen-bond acceptors (Lipinski definition) is 2. The highest BCUT2D eigenvalue weighted by molar-refractivity contribution is 6.34. The monoisotopic (exact) mass is 285 g/mol. The normalized spacial score (nSPS) is 19.3. The Hall–Kier alpha value is -1.06. The Kier molecular flexibility index (Phi) is 4.25. The van der Waals surface area contributed by atoms with E-state index < -0.39 is 0 Å². The molecule has 0 aliphatic carbocycles. The molecule has 0 saturated carbocycles. The molecule has 0 N–H and O–H groups in total. The molecule has 0 radical (unpaired) electrons. The summed E-state index contributed by atoms with van der Waals surface area (Å²) in [4.78, 5) is 24.1. The molecule has 1 fully saturated rings. The lowest BCUT2D eigenvalue weighted by Crippen LogP contribution is -2.35. The molecule has 1 aromatic rings. The Morgan fingerprint density at radius 2 is 1.94 bits per heavy atom. The summed E-state index contributed by atoms with van der Waals surface area (Å²) in [5.74, 6) is 0.0419. The van der Waals surface area contributed by atoms with Gasteiger partial charge in [0.25, 0.3) is 0 Å². The van der Waals surface area contributed by atoms with Gasteiger partial charge in [-0.25, -0.2) is 0 Å². The van der Waals surface area contributed by atoms with Crippen molar-refractivity contribution in [1.82, 2.24) is 4.90 Å². The van der Waals surface area contributed by atoms with Gasteiger partial charge in [0.2, 0.25) is 5.91 Å². The number of halogens is 2. The summed E-state index contributed by atoms with van der Waals surface area (Å²) in [6.45, 7) is 0.527. The van der Waals surface area contributed by atoms with Crippen molar-refractivity contribution in [2.24, 2.45) is 0 Å². The molecule has 0 spiro atoms. The van der Waals surface area contributed by atoms with Crippen LogP contribution in [0.1, 0.15) is 18.4 Å². The first-order chi connectivity index (χ1) is 8.60. The van der Waals surface area contributed by atoms with Crippen LogP contribution in [0.25, 0.3) is 0 Å². The molecule has 5 heteroatoms. The number of aldehydes is 1. The fraction of sp³-hybridized carbons (Fsp3) is 0.385. The predicted octanol–water partition coefficient (Wildman–Crippen LogP) is 2.73. The van der Waals surface area contributed by atoms with Gasteiger partial charge in [-0.1, -0.05) is 23.2 Å². The van der Waals surface area contributed by atoms with Crippen LogP contribution in [0.5, 0.6) is 0 Å². The van der Waals surface area contributed by atoms with Gasteiger partial charge in [0, 0.05) is 23.0 Å². The maximum absolute atomic E-state index is 11.6. The Morgan fingerprint density at radius 1 is 1.28 bits per heavy atom. The summed E-state index contributed by atoms with van der Waals surface area (Å²) < 4.78 is 0. The number of rotatable bonds is 4. The predicted molar refractivity (Wildman–Crippen MR) is 71.0 cm³/mol. The van der Waals surface area contributed by atoms with Crippen molar-refractivity contribution in [2.75, 3.05) is 6.54 Å². The second-order valence-corrected chi connectivity index (χ2v) is 5.23. The number of hydrogen-bond donors (Lipinski definition) is 0. The number of carbonyl (C=O) groups excluding carboxylic acids is 2. The molecule has 1 aliphatic heterocycles. The SMILES string of the molecule is O=C[C@H]1CCC(=O)N1CCc1cc(Cl)cc(Cl)c1. The summed E-state index contributed by atoms with van der Waals surface area (Å²) in [7, 11) is 0. The summed E-state index contributed by atoms with van der Waals surface area (Å²) in [6.07, 6.45) is 2.57. The van der Waals surface area contributed by atoms with Crippen molar-refractivity contribution < 1.29 is 9.59 Å². The number of benzene rings is 1. The van der Waals surface area contributed by atoms with Crippen LogP contribution in [-0.4, -0.2) is 29.7 Å². The first-order valence-electron chi connectivity index (χ1n) is 5.80. The van der Waals surface area contributed by atoms with Crippen molar-refractivity contribution in [2.45, 2.75) is 25.3 Å². The maximum atomic E-state index is 11.6. The van der Waals surface area contributed by atoms with E-state index in [-0.39, 0.29) is 11.9 Å². The van der Waals surface area contributed by atoms with Crippen molar-refractivity contribution >= 4 is 35.4 Å². The molecule has 18 heavy (non-hydrogen) atoms. The lowest BCUT2D eigenvalue weighted by Gasteiger charge is -2.20. The van der Waals surface area contributed by atoms with Gasteiger partial charge in [-0.2, -0.15) is 0 Å². The zero-order valence-electron chi connectivity index (χ0n) is 9.73. The highest BCUT2D eigenvalue weighted by atomic mass is 35.5. The van der Waals surface area contributed by atoms with Gasteiger partial charge in [0.05, 0.1) is 6.04 Å². The van der Waals surface area contributed by atoms with Crippen LogP contribution < -0.4 is 0 Å². The summed E-state index contributed by atoms with van der Waals surface area (Å²) in [6, 6.07) is 5.04. The zero-order valence-corrected chi connectivity index (χ0v) is 11.2. The Bertz CT molecular complexity index is 456. The van der Waals surface area contributed by atoms with E-state index in [0.29, 0.717) is 35.9 Å². The van der Waals surface area contributed by atoms with E-state index in [1.807, 2.05) is 12.1 Å². The van der Waals surface area contributed by atoms with Gasteiger partial charge in [-0.05, 0) is 36.6 Å². The Balaban J connectivity index is 2.02. The molecule has 0 bridgehead atoms. The van der Waals surface area contributed by atoms with Gasteiger partial charge in [0.1, 0.15) is 6.29 Å². The van der Waals surface area contributed by atoms with Crippen LogP contribution in [0.2, 0.25) is 10.0 Å². The van der Waals surface area contributed by atoms with Crippen LogP contribution >= 0.6 is 23.2 Å². The minimum Gasteiger partial charge on any atom is -0.333 e. The lowest BCUT2D eigenvalue weighted by atomic mass is 10.1. The highest BCUT2D eigenvalue weighted by Gasteiger charge is 2.29. The van der Waals surface area contributed by atoms with Crippen LogP contribution in [0, 0.1) is 0 Å². The van der Waals surface area contributed by atoms with Crippen LogP contribution in [0.15, 0.2) is 18.2 Å². The lowest BCUT2D eigenvalue weighted by molar-refractivity contribution is -0.131. The summed E-state index contributed by atoms with van der Waals surface area (Å²) in [5, 5.41) is 1.16. The molecule has 96 valence electrons. The van der Waals surface area contributed by atoms with Gasteiger partial charge in [0.15, 0.2) is 0 Å². The van der Waals surface area contributed by atoms with E-state index in [0.717, 1.165) is 11.8 Å². The molecule has 1 aromatic carbocycles. The zero-order chi connectivity index (χ0) is 13.1. The number of carbonyl (C=O) groups is 2. The quantitative estimate of drug-likeness (QED) is 0.798. The van der Waals surface area contributed by atoms with Crippen LogP contribution in [-0.2, 0) is 16.0 Å². The number of nitrogens with zero attached hydrogens (tertiary/aromatic N) is 1. The summed E-state index contributed by atoms with van der Waals surface area (Å²) >= 11 is 11.8. The topological polar surface area (TPSA) is 37.4 Å². The van der Waals surface area contributed by atoms with Crippen LogP contribution in [0.4, 0.5) is 0 Å². The molecule has 3 nitrogen and oxygen atoms in total. The number of likely N-dealkylation sites (tertiary alicyclic amines) is 1. The second kappa shape index (κ2) is 5.72. The molecule has 2 rings (SSSR count). The molecule has 0 aromatic heterocycles. The summed E-state index contributed by atoms with van der Waals surface area (Å²) in [5.41, 5.74) is 0.969. The van der Waals surface area contributed by atoms with E-state index in [1.54, 1.807) is 11.0 Å². The fourth-order valence-electron chi connectivity index (χ4n) is 2.19. The van der Waals surface area contributed by atoms with E-state index in [1.165, 1.54) is 0 Å². The van der Waals surface area contributed by atoms with Gasteiger partial charge >= 0.3 is 0 Å². The van der Waals surface area contributed by atoms with E-state index >= 15 is 0 Å². The van der Waals surface area contributed by atoms with E-state index in [9.17, 15) is 9.59 Å². The first kappa shape index (κ1) is 13.4. The van der Waals surface area contributed by atoms with E-state index in [2.05, 4.69) is 0 Å². The molecule has 1 saturated heterocycles. The van der Waals surface area contributed by atoms with Crippen molar-refractivity contribution in [1.29, 1.82) is 0 Å². The Morgan fingerprint density at radius 3 is 2.56 bits per heavy atom. The maximum Gasteiger partial charge on any atom is 0.223 e. The molecule has 1 amide bonds. The highest BCUT2D eigenvalue weighted by Crippen LogP contribution is 2.21. The van der Waals surface area contributed by atoms with Crippen molar-refractivity contribution in [3.8, 4) is 0 Å². The Labute approximate surface area is 116 Å². The van der Waals surface area contributed by atoms with Gasteiger partial charge < -0.3 is 9.69 Å².